The van der Waals surface area contributed by atoms with Crippen LogP contribution in [0.25, 0.3) is 5.65 Å². The quantitative estimate of drug-likeness (QED) is 0.423. The number of nitrogens with two attached hydrogens (primary N) is 1. The van der Waals surface area contributed by atoms with Gasteiger partial charge in [0.1, 0.15) is 5.82 Å². The van der Waals surface area contributed by atoms with Gasteiger partial charge in [-0.1, -0.05) is 11.6 Å². The van der Waals surface area contributed by atoms with E-state index in [4.69, 9.17) is 22.3 Å². The zero-order valence-corrected chi connectivity index (χ0v) is 21.2. The topological polar surface area (TPSA) is 146 Å². The molecule has 188 valence electrons. The van der Waals surface area contributed by atoms with Crippen molar-refractivity contribution in [1.29, 1.82) is 0 Å². The number of likely N-dealkylation sites (N-methyl/N-ethyl adjacent to an activating group) is 1. The Hall–Kier alpha value is -2.93. The number of hydrogen-bond donors (Lipinski definition) is 3. The van der Waals surface area contributed by atoms with Crippen LogP contribution in [-0.4, -0.2) is 78.0 Å². The monoisotopic (exact) mass is 521 g/mol. The Kier molecular flexibility index (Phi) is 6.91. The van der Waals surface area contributed by atoms with Crippen molar-refractivity contribution in [3.8, 4) is 0 Å². The van der Waals surface area contributed by atoms with Crippen molar-refractivity contribution in [2.45, 2.75) is 25.4 Å². The Morgan fingerprint density at radius 2 is 2.14 bits per heavy atom. The number of halogens is 1. The predicted molar refractivity (Wildman–Crippen MR) is 134 cm³/mol. The predicted octanol–water partition coefficient (Wildman–Crippen LogP) is 1.41. The molecule has 1 amide bonds. The zero-order chi connectivity index (χ0) is 25.5. The van der Waals surface area contributed by atoms with Crippen LogP contribution < -0.4 is 15.4 Å². The van der Waals surface area contributed by atoms with Crippen LogP contribution in [0.1, 0.15) is 34.1 Å². The molecule has 0 bridgehead atoms. The highest BCUT2D eigenvalue weighted by atomic mass is 35.5. The molecule has 4 rings (SSSR count). The summed E-state index contributed by atoms with van der Waals surface area (Å²) >= 11 is 6.08. The van der Waals surface area contributed by atoms with E-state index in [9.17, 15) is 18.3 Å². The summed E-state index contributed by atoms with van der Waals surface area (Å²) in [5.41, 5.74) is 8.13. The van der Waals surface area contributed by atoms with Gasteiger partial charge in [-0.2, -0.15) is 5.10 Å². The molecule has 1 fully saturated rings. The summed E-state index contributed by atoms with van der Waals surface area (Å²) in [5.74, 6) is 0.294. The summed E-state index contributed by atoms with van der Waals surface area (Å²) < 4.78 is 27.5. The normalized spacial score (nSPS) is 17.1. The van der Waals surface area contributed by atoms with Crippen LogP contribution in [0.15, 0.2) is 30.5 Å². The fourth-order valence-electron chi connectivity index (χ4n) is 4.21. The van der Waals surface area contributed by atoms with E-state index < -0.39 is 28.6 Å². The number of aliphatic hydroxyl groups is 1. The molecule has 0 spiro atoms. The molecule has 2 atom stereocenters. The first-order valence-corrected chi connectivity index (χ1v) is 13.3. The average molecular weight is 522 g/mol. The lowest BCUT2D eigenvalue weighted by molar-refractivity contribution is 0.0653. The van der Waals surface area contributed by atoms with Gasteiger partial charge in [0.05, 0.1) is 35.8 Å². The van der Waals surface area contributed by atoms with Crippen LogP contribution in [0.5, 0.6) is 0 Å². The lowest BCUT2D eigenvalue weighted by Gasteiger charge is -2.26. The molecule has 13 heteroatoms. The third-order valence-corrected chi connectivity index (χ3v) is 6.78. The number of aryl methyl sites for hydroxylation is 1. The second-order valence-corrected chi connectivity index (χ2v) is 11.0. The van der Waals surface area contributed by atoms with Crippen molar-refractivity contribution in [1.82, 2.24) is 19.5 Å². The number of hydrogen-bond acceptors (Lipinski definition) is 8. The van der Waals surface area contributed by atoms with Gasteiger partial charge in [-0.05, 0) is 31.5 Å². The lowest BCUT2D eigenvalue weighted by atomic mass is 10.1. The van der Waals surface area contributed by atoms with Crippen molar-refractivity contribution in [2.75, 3.05) is 42.6 Å². The van der Waals surface area contributed by atoms with Gasteiger partial charge in [0.15, 0.2) is 5.65 Å². The van der Waals surface area contributed by atoms with Gasteiger partial charge >= 0.3 is 0 Å². The molecule has 0 radical (unpaired) electrons. The van der Waals surface area contributed by atoms with E-state index in [-0.39, 0.29) is 22.3 Å². The van der Waals surface area contributed by atoms with Crippen LogP contribution in [-0.2, 0) is 10.0 Å². The Morgan fingerprint density at radius 3 is 2.77 bits per heavy atom. The fraction of sp³-hybridized carbons (Fsp3) is 0.409. The molecule has 11 nitrogen and oxygen atoms in total. The first kappa shape index (κ1) is 25.2. The number of benzene rings is 1. The summed E-state index contributed by atoms with van der Waals surface area (Å²) in [7, 11) is -2.13. The van der Waals surface area contributed by atoms with Gasteiger partial charge in [-0.15, -0.1) is 0 Å². The molecule has 0 aliphatic carbocycles. The highest BCUT2D eigenvalue weighted by Gasteiger charge is 2.28. The number of anilines is 2. The second-order valence-electron chi connectivity index (χ2n) is 8.79. The van der Waals surface area contributed by atoms with Crippen LogP contribution in [0.2, 0.25) is 5.02 Å². The number of aliphatic hydroxyl groups excluding tert-OH is 1. The lowest BCUT2D eigenvalue weighted by Crippen LogP contribution is -2.34. The van der Waals surface area contributed by atoms with Crippen molar-refractivity contribution in [3.05, 3.63) is 52.3 Å². The van der Waals surface area contributed by atoms with Crippen molar-refractivity contribution >= 4 is 44.7 Å². The number of carbonyl (C=O) groups is 1. The maximum Gasteiger partial charge on any atom is 0.256 e. The standard InChI is InChI=1S/C22H28ClN7O4S/c1-13-10-30-20(25-21(13)29-7-6-15(24)11-29)9-18(26-30)19(12-31)28(2)22(32)16-8-14(23)4-5-17(16)27-35(3,33)34/h4-5,8-10,15,19,27,31H,6-7,11-12,24H2,1-3H3/t15-,19-/m0/s1. The van der Waals surface area contributed by atoms with Crippen molar-refractivity contribution in [2.24, 2.45) is 5.73 Å². The Morgan fingerprint density at radius 1 is 1.40 bits per heavy atom. The molecule has 2 aromatic heterocycles. The van der Waals surface area contributed by atoms with E-state index in [1.807, 2.05) is 13.1 Å². The maximum absolute atomic E-state index is 13.4. The molecule has 35 heavy (non-hydrogen) atoms. The highest BCUT2D eigenvalue weighted by molar-refractivity contribution is 7.92. The van der Waals surface area contributed by atoms with Crippen LogP contribution >= 0.6 is 11.6 Å². The summed E-state index contributed by atoms with van der Waals surface area (Å²) in [6.45, 7) is 3.09. The molecular weight excluding hydrogens is 494 g/mol. The van der Waals surface area contributed by atoms with Gasteiger partial charge in [0, 0.05) is 49.0 Å². The number of sulfonamides is 1. The summed E-state index contributed by atoms with van der Waals surface area (Å²) in [4.78, 5) is 21.5. The molecule has 0 unspecified atom stereocenters. The minimum Gasteiger partial charge on any atom is -0.394 e. The first-order valence-electron chi connectivity index (χ1n) is 11.0. The maximum atomic E-state index is 13.4. The van der Waals surface area contributed by atoms with E-state index in [2.05, 4.69) is 14.7 Å². The first-order chi connectivity index (χ1) is 16.5. The Labute approximate surface area is 208 Å². The molecule has 3 heterocycles. The number of aromatic nitrogens is 3. The number of rotatable bonds is 7. The van der Waals surface area contributed by atoms with E-state index >= 15 is 0 Å². The number of fused-ring (bicyclic) bond motifs is 1. The molecular formula is C22H28ClN7O4S. The molecule has 1 aromatic carbocycles. The summed E-state index contributed by atoms with van der Waals surface area (Å²) in [6.07, 6.45) is 3.74. The zero-order valence-electron chi connectivity index (χ0n) is 19.6. The third-order valence-electron chi connectivity index (χ3n) is 5.96. The van der Waals surface area contributed by atoms with E-state index in [1.54, 1.807) is 10.6 Å². The third kappa shape index (κ3) is 5.35. The number of carbonyl (C=O) groups excluding carboxylic acids is 1. The highest BCUT2D eigenvalue weighted by Crippen LogP contribution is 2.28. The van der Waals surface area contributed by atoms with Crippen LogP contribution in [0.3, 0.4) is 0 Å². The van der Waals surface area contributed by atoms with Crippen LogP contribution in [0.4, 0.5) is 11.5 Å². The van der Waals surface area contributed by atoms with Gasteiger partial charge < -0.3 is 20.6 Å². The molecule has 3 aromatic rings. The fourth-order valence-corrected chi connectivity index (χ4v) is 4.96. The minimum atomic E-state index is -3.63. The Balaban J connectivity index is 1.66. The largest absolute Gasteiger partial charge is 0.394 e. The molecule has 1 saturated heterocycles. The minimum absolute atomic E-state index is 0.0502. The van der Waals surface area contributed by atoms with Crippen molar-refractivity contribution < 1.29 is 18.3 Å². The SMILES string of the molecule is Cc1cn2nc([C@H](CO)N(C)C(=O)c3cc(Cl)ccc3NS(C)(=O)=O)cc2nc1N1CC[C@H](N)C1. The number of nitrogens with one attached hydrogen (secondary N) is 1. The van der Waals surface area contributed by atoms with E-state index in [1.165, 1.54) is 30.1 Å². The molecule has 4 N–H and O–H groups in total. The average Bonchev–Trinajstić information content (AvgIpc) is 3.39. The van der Waals surface area contributed by atoms with Gasteiger partial charge in [-0.25, -0.2) is 17.9 Å². The summed E-state index contributed by atoms with van der Waals surface area (Å²) in [6, 6.07) is 5.30. The number of amides is 1. The smallest absolute Gasteiger partial charge is 0.256 e. The summed E-state index contributed by atoms with van der Waals surface area (Å²) in [5, 5.41) is 15.0. The molecule has 1 aliphatic rings. The van der Waals surface area contributed by atoms with E-state index in [0.29, 0.717) is 11.3 Å². The van der Waals surface area contributed by atoms with Gasteiger partial charge in [-0.3, -0.25) is 9.52 Å². The number of nitrogens with zero attached hydrogens (tertiary/aromatic N) is 5. The van der Waals surface area contributed by atoms with Gasteiger partial charge in [0.25, 0.3) is 5.91 Å². The van der Waals surface area contributed by atoms with E-state index in [0.717, 1.165) is 37.1 Å². The second kappa shape index (κ2) is 9.61. The molecule has 0 saturated carbocycles. The van der Waals surface area contributed by atoms with Crippen molar-refractivity contribution in [3.63, 3.8) is 0 Å². The molecule has 1 aliphatic heterocycles. The van der Waals surface area contributed by atoms with Crippen LogP contribution in [0, 0.1) is 6.92 Å². The Bertz CT molecular complexity index is 1380. The van der Waals surface area contributed by atoms with Gasteiger partial charge in [0.2, 0.25) is 10.0 Å².